The molecule has 0 aromatic carbocycles. The fraction of sp³-hybridized carbons (Fsp3) is 0.833. The van der Waals surface area contributed by atoms with Crippen LogP contribution in [0, 0.1) is 5.92 Å². The summed E-state index contributed by atoms with van der Waals surface area (Å²) < 4.78 is 4.59. The van der Waals surface area contributed by atoms with Crippen molar-refractivity contribution in [1.29, 1.82) is 0 Å². The van der Waals surface area contributed by atoms with Gasteiger partial charge in [0.15, 0.2) is 6.73 Å². The molecule has 1 radical (unpaired) electrons. The molecule has 59 valence electrons. The number of carbonyl (C=O) groups is 1. The van der Waals surface area contributed by atoms with Gasteiger partial charge in [-0.3, -0.25) is 5.32 Å². The van der Waals surface area contributed by atoms with Crippen molar-refractivity contribution < 1.29 is 14.6 Å². The van der Waals surface area contributed by atoms with Crippen molar-refractivity contribution in [3.8, 4) is 0 Å². The molecule has 0 aliphatic rings. The maximum absolute atomic E-state index is 10.4. The molecule has 0 saturated heterocycles. The molecule has 4 heteroatoms. The first kappa shape index (κ1) is 9.23. The van der Waals surface area contributed by atoms with E-state index in [1.54, 1.807) is 0 Å². The van der Waals surface area contributed by atoms with Crippen LogP contribution in [-0.4, -0.2) is 19.4 Å². The highest BCUT2D eigenvalue weighted by atomic mass is 16.5. The first-order valence-corrected chi connectivity index (χ1v) is 3.15. The molecule has 0 unspecified atom stereocenters. The van der Waals surface area contributed by atoms with Crippen LogP contribution in [0.2, 0.25) is 0 Å². The number of rotatable bonds is 3. The Balaban J connectivity index is 3.22. The Kier molecular flexibility index (Phi) is 4.66. The molecule has 0 aliphatic carbocycles. The molecule has 0 saturated carbocycles. The lowest BCUT2D eigenvalue weighted by Gasteiger charge is -2.05. The number of carbonyl (C=O) groups excluding carboxylic acids is 1. The zero-order chi connectivity index (χ0) is 7.98. The molecule has 0 aliphatic heterocycles. The predicted octanol–water partition coefficient (Wildman–Crippen LogP) is 0.757. The monoisotopic (exact) mass is 146 g/mol. The van der Waals surface area contributed by atoms with Gasteiger partial charge in [-0.2, -0.15) is 0 Å². The van der Waals surface area contributed by atoms with Gasteiger partial charge in [0.25, 0.3) is 0 Å². The fourth-order valence-electron chi connectivity index (χ4n) is 0.352. The SMILES string of the molecule is CC(C)COC(=O)NC[O]. The van der Waals surface area contributed by atoms with Gasteiger partial charge in [-0.05, 0) is 5.92 Å². The van der Waals surface area contributed by atoms with Crippen LogP contribution < -0.4 is 5.32 Å². The van der Waals surface area contributed by atoms with Crippen LogP contribution in [0.4, 0.5) is 4.79 Å². The van der Waals surface area contributed by atoms with Gasteiger partial charge in [0.05, 0.1) is 6.61 Å². The van der Waals surface area contributed by atoms with Crippen molar-refractivity contribution in [3.63, 3.8) is 0 Å². The molecule has 0 aromatic rings. The topological polar surface area (TPSA) is 58.2 Å². The Morgan fingerprint density at radius 3 is 2.60 bits per heavy atom. The average molecular weight is 146 g/mol. The van der Waals surface area contributed by atoms with E-state index in [4.69, 9.17) is 0 Å². The number of hydrogen-bond acceptors (Lipinski definition) is 2. The first-order chi connectivity index (χ1) is 4.66. The standard InChI is InChI=1S/C6H12NO3/c1-5(2)3-10-6(9)7-4-8/h5H,3-4H2,1-2H3,(H,7,9). The summed E-state index contributed by atoms with van der Waals surface area (Å²) in [6.07, 6.45) is -0.635. The van der Waals surface area contributed by atoms with Crippen LogP contribution in [0.5, 0.6) is 0 Å². The molecule has 1 N–H and O–H groups in total. The second-order valence-electron chi connectivity index (χ2n) is 2.31. The van der Waals surface area contributed by atoms with Crippen LogP contribution in [0.3, 0.4) is 0 Å². The van der Waals surface area contributed by atoms with Gasteiger partial charge in [-0.25, -0.2) is 9.90 Å². The quantitative estimate of drug-likeness (QED) is 0.597. The average Bonchev–Trinajstić information content (AvgIpc) is 1.85. The Morgan fingerprint density at radius 2 is 2.20 bits per heavy atom. The molecule has 0 fully saturated rings. The van der Waals surface area contributed by atoms with Gasteiger partial charge in [0.1, 0.15) is 0 Å². The van der Waals surface area contributed by atoms with E-state index in [0.717, 1.165) is 0 Å². The summed E-state index contributed by atoms with van der Waals surface area (Å²) in [5.74, 6) is 0.303. The summed E-state index contributed by atoms with van der Waals surface area (Å²) in [5, 5.41) is 11.8. The smallest absolute Gasteiger partial charge is 0.409 e. The second-order valence-corrected chi connectivity index (χ2v) is 2.31. The molecule has 0 bridgehead atoms. The lowest BCUT2D eigenvalue weighted by atomic mass is 10.2. The van der Waals surface area contributed by atoms with Gasteiger partial charge in [-0.15, -0.1) is 0 Å². The maximum atomic E-state index is 10.4. The van der Waals surface area contributed by atoms with Crippen molar-refractivity contribution in [1.82, 2.24) is 5.32 Å². The van der Waals surface area contributed by atoms with E-state index in [-0.39, 0.29) is 0 Å². The van der Waals surface area contributed by atoms with Crippen molar-refractivity contribution in [3.05, 3.63) is 0 Å². The molecule has 1 amide bonds. The Hall–Kier alpha value is -0.770. The summed E-state index contributed by atoms with van der Waals surface area (Å²) in [5.41, 5.74) is 0. The second kappa shape index (κ2) is 5.05. The van der Waals surface area contributed by atoms with E-state index >= 15 is 0 Å². The molecule has 0 rings (SSSR count). The molecule has 0 heterocycles. The van der Waals surface area contributed by atoms with E-state index in [9.17, 15) is 9.90 Å². The third-order valence-electron chi connectivity index (χ3n) is 0.764. The Labute approximate surface area is 60.2 Å². The van der Waals surface area contributed by atoms with Crippen LogP contribution in [0.15, 0.2) is 0 Å². The van der Waals surface area contributed by atoms with Crippen LogP contribution in [0.25, 0.3) is 0 Å². The fourth-order valence-corrected chi connectivity index (χ4v) is 0.352. The zero-order valence-electron chi connectivity index (χ0n) is 6.22. The number of ether oxygens (including phenoxy) is 1. The summed E-state index contributed by atoms with van der Waals surface area (Å²) in [7, 11) is 0. The molecule has 0 aromatic heterocycles. The van der Waals surface area contributed by atoms with E-state index in [0.29, 0.717) is 12.5 Å². The van der Waals surface area contributed by atoms with E-state index in [1.165, 1.54) is 0 Å². The molecule has 0 spiro atoms. The van der Waals surface area contributed by atoms with Crippen molar-refractivity contribution in [2.45, 2.75) is 13.8 Å². The maximum Gasteiger partial charge on any atom is 0.409 e. The molecular formula is C6H12NO3. The highest BCUT2D eigenvalue weighted by Gasteiger charge is 2.00. The van der Waals surface area contributed by atoms with Crippen molar-refractivity contribution in [2.75, 3.05) is 13.3 Å². The third kappa shape index (κ3) is 5.37. The summed E-state index contributed by atoms with van der Waals surface area (Å²) in [6.45, 7) is 3.57. The van der Waals surface area contributed by atoms with Crippen LogP contribution in [0.1, 0.15) is 13.8 Å². The molecule has 0 atom stereocenters. The lowest BCUT2D eigenvalue weighted by Crippen LogP contribution is -2.25. The van der Waals surface area contributed by atoms with E-state index in [1.807, 2.05) is 19.2 Å². The Morgan fingerprint density at radius 1 is 1.60 bits per heavy atom. The van der Waals surface area contributed by atoms with E-state index in [2.05, 4.69) is 4.74 Å². The minimum Gasteiger partial charge on any atom is -0.449 e. The number of alkyl carbamates (subject to hydrolysis) is 1. The number of nitrogens with one attached hydrogen (secondary N) is 1. The van der Waals surface area contributed by atoms with Gasteiger partial charge < -0.3 is 4.74 Å². The van der Waals surface area contributed by atoms with Gasteiger partial charge in [0, 0.05) is 0 Å². The molecule has 10 heavy (non-hydrogen) atoms. The molecular weight excluding hydrogens is 134 g/mol. The van der Waals surface area contributed by atoms with E-state index < -0.39 is 12.8 Å². The van der Waals surface area contributed by atoms with Gasteiger partial charge in [-0.1, -0.05) is 13.8 Å². The summed E-state index contributed by atoms with van der Waals surface area (Å²) in [4.78, 5) is 10.4. The van der Waals surface area contributed by atoms with Crippen molar-refractivity contribution >= 4 is 6.09 Å². The zero-order valence-corrected chi connectivity index (χ0v) is 6.22. The summed E-state index contributed by atoms with van der Waals surface area (Å²) >= 11 is 0. The van der Waals surface area contributed by atoms with Crippen LogP contribution >= 0.6 is 0 Å². The normalized spacial score (nSPS) is 9.60. The van der Waals surface area contributed by atoms with Gasteiger partial charge in [0.2, 0.25) is 0 Å². The number of hydrogen-bond donors (Lipinski definition) is 1. The van der Waals surface area contributed by atoms with Crippen LogP contribution in [-0.2, 0) is 9.84 Å². The summed E-state index contributed by atoms with van der Waals surface area (Å²) in [6, 6.07) is 0. The lowest BCUT2D eigenvalue weighted by molar-refractivity contribution is 0.108. The third-order valence-corrected chi connectivity index (χ3v) is 0.764. The predicted molar refractivity (Wildman–Crippen MR) is 34.9 cm³/mol. The van der Waals surface area contributed by atoms with Gasteiger partial charge >= 0.3 is 6.09 Å². The Bertz CT molecular complexity index is 103. The van der Waals surface area contributed by atoms with Crippen molar-refractivity contribution in [2.24, 2.45) is 5.92 Å². The molecule has 4 nitrogen and oxygen atoms in total. The largest absolute Gasteiger partial charge is 0.449 e. The highest BCUT2D eigenvalue weighted by molar-refractivity contribution is 5.66. The number of amides is 1. The minimum atomic E-state index is -0.635. The first-order valence-electron chi connectivity index (χ1n) is 3.15. The minimum absolute atomic E-state index is 0.303. The highest BCUT2D eigenvalue weighted by Crippen LogP contribution is 1.91.